The van der Waals surface area contributed by atoms with Gasteiger partial charge in [-0.2, -0.15) is 5.10 Å². The lowest BCUT2D eigenvalue weighted by molar-refractivity contribution is -0.118. The summed E-state index contributed by atoms with van der Waals surface area (Å²) in [5.74, 6) is 0.187. The zero-order chi connectivity index (χ0) is 21.3. The summed E-state index contributed by atoms with van der Waals surface area (Å²) >= 11 is 0. The number of ether oxygens (including phenoxy) is 1. The standard InChI is InChI=1S/C21H25N5O4/c1-12(2)24-21(29)15-10-23-26-6-5-13(7-17(15)26)9-22-20(28)14-3-4-16-18(8-14)30-11-19(27)25-16/h3-4,8,10,12-13H,5-7,9,11H2,1-2H3,(H,22,28)(H,24,29)(H,25,27)/t13-/m1/s1. The van der Waals surface area contributed by atoms with Gasteiger partial charge in [-0.1, -0.05) is 0 Å². The highest BCUT2D eigenvalue weighted by Gasteiger charge is 2.26. The van der Waals surface area contributed by atoms with E-state index in [1.165, 1.54) is 0 Å². The average molecular weight is 411 g/mol. The molecule has 9 heteroatoms. The molecule has 2 aromatic rings. The highest BCUT2D eigenvalue weighted by molar-refractivity contribution is 5.99. The van der Waals surface area contributed by atoms with Crippen molar-refractivity contribution >= 4 is 23.4 Å². The molecule has 30 heavy (non-hydrogen) atoms. The van der Waals surface area contributed by atoms with Crippen molar-refractivity contribution in [1.82, 2.24) is 20.4 Å². The molecule has 158 valence electrons. The van der Waals surface area contributed by atoms with Crippen LogP contribution >= 0.6 is 0 Å². The molecule has 1 atom stereocenters. The van der Waals surface area contributed by atoms with E-state index in [2.05, 4.69) is 21.0 Å². The lowest BCUT2D eigenvalue weighted by Crippen LogP contribution is -2.35. The molecule has 0 bridgehead atoms. The zero-order valence-corrected chi connectivity index (χ0v) is 17.0. The molecular formula is C21H25N5O4. The number of carbonyl (C=O) groups is 3. The van der Waals surface area contributed by atoms with Gasteiger partial charge in [0.15, 0.2) is 6.61 Å². The quantitative estimate of drug-likeness (QED) is 0.687. The lowest BCUT2D eigenvalue weighted by atomic mass is 9.94. The van der Waals surface area contributed by atoms with E-state index in [0.29, 0.717) is 35.5 Å². The Morgan fingerprint density at radius 2 is 2.17 bits per heavy atom. The molecule has 3 amide bonds. The molecule has 2 aliphatic rings. The third-order valence-corrected chi connectivity index (χ3v) is 5.27. The van der Waals surface area contributed by atoms with Gasteiger partial charge in [-0.3, -0.25) is 19.1 Å². The van der Waals surface area contributed by atoms with Crippen LogP contribution in [-0.2, 0) is 17.8 Å². The van der Waals surface area contributed by atoms with Gasteiger partial charge in [0, 0.05) is 24.7 Å². The third-order valence-electron chi connectivity index (χ3n) is 5.27. The van der Waals surface area contributed by atoms with Crippen LogP contribution in [0.3, 0.4) is 0 Å². The molecule has 0 fully saturated rings. The molecule has 3 N–H and O–H groups in total. The second kappa shape index (κ2) is 8.17. The van der Waals surface area contributed by atoms with Crippen molar-refractivity contribution in [2.45, 2.75) is 39.3 Å². The Hall–Kier alpha value is -3.36. The van der Waals surface area contributed by atoms with Gasteiger partial charge in [0.2, 0.25) is 0 Å². The van der Waals surface area contributed by atoms with Crippen LogP contribution in [0.5, 0.6) is 5.75 Å². The number of nitrogens with one attached hydrogen (secondary N) is 3. The van der Waals surface area contributed by atoms with Gasteiger partial charge in [-0.25, -0.2) is 0 Å². The Labute approximate surface area is 174 Å². The van der Waals surface area contributed by atoms with E-state index in [1.807, 2.05) is 18.5 Å². The normalized spacial score (nSPS) is 17.4. The second-order valence-electron chi connectivity index (χ2n) is 7.97. The van der Waals surface area contributed by atoms with Crippen LogP contribution in [0.2, 0.25) is 0 Å². The molecule has 0 saturated heterocycles. The minimum absolute atomic E-state index is 0.0550. The number of rotatable bonds is 5. The summed E-state index contributed by atoms with van der Waals surface area (Å²) in [7, 11) is 0. The summed E-state index contributed by atoms with van der Waals surface area (Å²) in [6.07, 6.45) is 3.18. The van der Waals surface area contributed by atoms with Gasteiger partial charge >= 0.3 is 0 Å². The maximum atomic E-state index is 12.6. The van der Waals surface area contributed by atoms with Crippen LogP contribution in [0.1, 0.15) is 46.7 Å². The molecule has 2 aliphatic heterocycles. The van der Waals surface area contributed by atoms with Gasteiger partial charge in [0.1, 0.15) is 5.75 Å². The number of aryl methyl sites for hydroxylation is 1. The van der Waals surface area contributed by atoms with Gasteiger partial charge in [0.25, 0.3) is 17.7 Å². The van der Waals surface area contributed by atoms with E-state index in [-0.39, 0.29) is 36.3 Å². The number of nitrogens with zero attached hydrogens (tertiary/aromatic N) is 2. The molecular weight excluding hydrogens is 386 g/mol. The fraction of sp³-hybridized carbons (Fsp3) is 0.429. The number of benzene rings is 1. The maximum absolute atomic E-state index is 12.6. The molecule has 1 aromatic carbocycles. The summed E-state index contributed by atoms with van der Waals surface area (Å²) in [5.41, 5.74) is 2.56. The Morgan fingerprint density at radius 3 is 2.97 bits per heavy atom. The molecule has 4 rings (SSSR count). The van der Waals surface area contributed by atoms with Crippen LogP contribution < -0.4 is 20.7 Å². The van der Waals surface area contributed by atoms with Gasteiger partial charge in [-0.05, 0) is 50.8 Å². The number of amides is 3. The van der Waals surface area contributed by atoms with Crippen molar-refractivity contribution in [3.05, 3.63) is 41.2 Å². The number of anilines is 1. The van der Waals surface area contributed by atoms with Gasteiger partial charge < -0.3 is 20.7 Å². The number of aromatic nitrogens is 2. The average Bonchev–Trinajstić information content (AvgIpc) is 3.14. The Kier molecular flexibility index (Phi) is 5.43. The van der Waals surface area contributed by atoms with E-state index in [0.717, 1.165) is 18.7 Å². The van der Waals surface area contributed by atoms with E-state index in [4.69, 9.17) is 4.74 Å². The smallest absolute Gasteiger partial charge is 0.262 e. The topological polar surface area (TPSA) is 114 Å². The molecule has 0 aliphatic carbocycles. The summed E-state index contributed by atoms with van der Waals surface area (Å²) in [6.45, 7) is 5.01. The third kappa shape index (κ3) is 4.14. The first-order valence-electron chi connectivity index (χ1n) is 10.1. The lowest BCUT2D eigenvalue weighted by Gasteiger charge is -2.24. The minimum Gasteiger partial charge on any atom is -0.482 e. The molecule has 1 aromatic heterocycles. The Bertz CT molecular complexity index is 997. The largest absolute Gasteiger partial charge is 0.482 e. The molecule has 9 nitrogen and oxygen atoms in total. The van der Waals surface area contributed by atoms with Crippen molar-refractivity contribution in [1.29, 1.82) is 0 Å². The zero-order valence-electron chi connectivity index (χ0n) is 17.0. The fourth-order valence-electron chi connectivity index (χ4n) is 3.76. The number of hydrogen-bond donors (Lipinski definition) is 3. The van der Waals surface area contributed by atoms with Gasteiger partial charge in [-0.15, -0.1) is 0 Å². The first-order valence-corrected chi connectivity index (χ1v) is 10.1. The van der Waals surface area contributed by atoms with E-state index >= 15 is 0 Å². The van der Waals surface area contributed by atoms with Crippen molar-refractivity contribution in [2.75, 3.05) is 18.5 Å². The van der Waals surface area contributed by atoms with Crippen molar-refractivity contribution < 1.29 is 19.1 Å². The highest BCUT2D eigenvalue weighted by atomic mass is 16.5. The Morgan fingerprint density at radius 1 is 1.33 bits per heavy atom. The van der Waals surface area contributed by atoms with Crippen LogP contribution in [-0.4, -0.2) is 46.7 Å². The van der Waals surface area contributed by atoms with E-state index in [1.54, 1.807) is 24.4 Å². The van der Waals surface area contributed by atoms with Gasteiger partial charge in [0.05, 0.1) is 23.1 Å². The molecule has 0 unspecified atom stereocenters. The molecule has 0 saturated carbocycles. The van der Waals surface area contributed by atoms with E-state index < -0.39 is 0 Å². The highest BCUT2D eigenvalue weighted by Crippen LogP contribution is 2.28. The van der Waals surface area contributed by atoms with Crippen LogP contribution in [0.4, 0.5) is 5.69 Å². The van der Waals surface area contributed by atoms with Crippen molar-refractivity contribution in [3.63, 3.8) is 0 Å². The maximum Gasteiger partial charge on any atom is 0.262 e. The van der Waals surface area contributed by atoms with Crippen LogP contribution in [0.25, 0.3) is 0 Å². The first-order chi connectivity index (χ1) is 14.4. The summed E-state index contributed by atoms with van der Waals surface area (Å²) in [5, 5.41) is 12.9. The number of carbonyl (C=O) groups excluding carboxylic acids is 3. The van der Waals surface area contributed by atoms with Crippen molar-refractivity contribution in [3.8, 4) is 5.75 Å². The number of hydrogen-bond acceptors (Lipinski definition) is 5. The van der Waals surface area contributed by atoms with E-state index in [9.17, 15) is 14.4 Å². The predicted octanol–water partition coefficient (Wildman–Crippen LogP) is 1.34. The first kappa shape index (κ1) is 19.9. The summed E-state index contributed by atoms with van der Waals surface area (Å²) < 4.78 is 7.25. The summed E-state index contributed by atoms with van der Waals surface area (Å²) in [4.78, 5) is 36.4. The molecule has 0 radical (unpaired) electrons. The van der Waals surface area contributed by atoms with Crippen LogP contribution in [0, 0.1) is 5.92 Å². The van der Waals surface area contributed by atoms with Crippen molar-refractivity contribution in [2.24, 2.45) is 5.92 Å². The minimum atomic E-state index is -0.210. The SMILES string of the molecule is CC(C)NC(=O)c1cnn2c1C[C@H](CNC(=O)c1ccc3c(c1)OCC(=O)N3)CC2. The fourth-order valence-corrected chi connectivity index (χ4v) is 3.76. The summed E-state index contributed by atoms with van der Waals surface area (Å²) in [6, 6.07) is 5.02. The second-order valence-corrected chi connectivity index (χ2v) is 7.97. The van der Waals surface area contributed by atoms with Crippen LogP contribution in [0.15, 0.2) is 24.4 Å². The Balaban J connectivity index is 1.38. The molecule has 3 heterocycles. The molecule has 0 spiro atoms. The predicted molar refractivity (Wildman–Crippen MR) is 110 cm³/mol. The number of fused-ring (bicyclic) bond motifs is 2. The monoisotopic (exact) mass is 411 g/mol.